The summed E-state index contributed by atoms with van der Waals surface area (Å²) in [7, 11) is 0. The molecule has 0 aliphatic rings. The van der Waals surface area contributed by atoms with Crippen LogP contribution in [0.25, 0.3) is 0 Å². The SMILES string of the molecule is CCCCCCCCCCCCC(C)C#CO. The Balaban J connectivity index is 3.05. The van der Waals surface area contributed by atoms with Crippen molar-refractivity contribution in [3.8, 4) is 12.0 Å². The highest BCUT2D eigenvalue weighted by molar-refractivity contribution is 4.94. The van der Waals surface area contributed by atoms with E-state index in [2.05, 4.69) is 19.8 Å². The molecule has 0 saturated heterocycles. The molecule has 0 aromatic heterocycles. The van der Waals surface area contributed by atoms with Crippen molar-refractivity contribution in [1.29, 1.82) is 0 Å². The molecule has 1 heteroatoms. The van der Waals surface area contributed by atoms with Crippen molar-refractivity contribution in [2.45, 2.75) is 84.5 Å². The molecule has 1 N–H and O–H groups in total. The Morgan fingerprint density at radius 2 is 1.29 bits per heavy atom. The molecule has 0 heterocycles. The third-order valence-corrected chi connectivity index (χ3v) is 3.30. The summed E-state index contributed by atoms with van der Waals surface area (Å²) < 4.78 is 0. The minimum Gasteiger partial charge on any atom is -0.462 e. The zero-order valence-corrected chi connectivity index (χ0v) is 11.8. The van der Waals surface area contributed by atoms with Gasteiger partial charge in [0.25, 0.3) is 0 Å². The topological polar surface area (TPSA) is 20.2 Å². The van der Waals surface area contributed by atoms with Gasteiger partial charge in [0.15, 0.2) is 0 Å². The molecule has 0 spiro atoms. The summed E-state index contributed by atoms with van der Waals surface area (Å²) in [5.41, 5.74) is 0. The molecule has 0 radical (unpaired) electrons. The summed E-state index contributed by atoms with van der Waals surface area (Å²) in [6.45, 7) is 4.35. The van der Waals surface area contributed by atoms with Crippen molar-refractivity contribution in [1.82, 2.24) is 0 Å². The Kier molecular flexibility index (Phi) is 12.9. The number of hydrogen-bond donors (Lipinski definition) is 1. The van der Waals surface area contributed by atoms with E-state index in [9.17, 15) is 0 Å². The lowest BCUT2D eigenvalue weighted by atomic mass is 10.0. The van der Waals surface area contributed by atoms with Crippen LogP contribution in [0.2, 0.25) is 0 Å². The Morgan fingerprint density at radius 1 is 0.824 bits per heavy atom. The minimum absolute atomic E-state index is 0.356. The summed E-state index contributed by atoms with van der Waals surface area (Å²) in [5, 5.41) is 8.44. The lowest BCUT2D eigenvalue weighted by Crippen LogP contribution is -1.90. The van der Waals surface area contributed by atoms with Gasteiger partial charge in [0.05, 0.1) is 0 Å². The van der Waals surface area contributed by atoms with Gasteiger partial charge in [-0.1, -0.05) is 84.0 Å². The molecule has 0 aromatic carbocycles. The van der Waals surface area contributed by atoms with Gasteiger partial charge >= 0.3 is 0 Å². The Bertz CT molecular complexity index is 199. The summed E-state index contributed by atoms with van der Waals surface area (Å²) >= 11 is 0. The van der Waals surface area contributed by atoms with E-state index in [-0.39, 0.29) is 0 Å². The average Bonchev–Trinajstić information content (AvgIpc) is 2.32. The van der Waals surface area contributed by atoms with Crippen molar-refractivity contribution in [2.75, 3.05) is 0 Å². The first-order chi connectivity index (χ1) is 8.31. The fraction of sp³-hybridized carbons (Fsp3) is 0.875. The normalized spacial score (nSPS) is 11.9. The molecule has 100 valence electrons. The molecule has 0 saturated carbocycles. The van der Waals surface area contributed by atoms with Crippen LogP contribution >= 0.6 is 0 Å². The molecular weight excluding hydrogens is 208 g/mol. The maximum absolute atomic E-state index is 8.44. The van der Waals surface area contributed by atoms with Gasteiger partial charge in [-0.15, -0.1) is 0 Å². The smallest absolute Gasteiger partial charge is 0.107 e. The standard InChI is InChI=1S/C16H30O/c1-3-4-5-6-7-8-9-10-11-12-13-16(2)14-15-17/h16-17H,3-13H2,1-2H3. The van der Waals surface area contributed by atoms with Gasteiger partial charge in [0.2, 0.25) is 0 Å². The first kappa shape index (κ1) is 16.4. The van der Waals surface area contributed by atoms with Crippen LogP contribution in [0.4, 0.5) is 0 Å². The van der Waals surface area contributed by atoms with Gasteiger partial charge < -0.3 is 5.11 Å². The van der Waals surface area contributed by atoms with E-state index in [4.69, 9.17) is 5.11 Å². The Hall–Kier alpha value is -0.640. The highest BCUT2D eigenvalue weighted by atomic mass is 16.2. The van der Waals surface area contributed by atoms with Gasteiger partial charge in [-0.05, 0) is 6.42 Å². The maximum Gasteiger partial charge on any atom is 0.107 e. The van der Waals surface area contributed by atoms with Gasteiger partial charge in [-0.2, -0.15) is 0 Å². The highest BCUT2D eigenvalue weighted by Crippen LogP contribution is 2.13. The number of aliphatic hydroxyl groups is 1. The van der Waals surface area contributed by atoms with Crippen LogP contribution in [0, 0.1) is 17.9 Å². The summed E-state index contributed by atoms with van der Waals surface area (Å²) in [6.07, 6.45) is 16.9. The van der Waals surface area contributed by atoms with Crippen LogP contribution in [-0.2, 0) is 0 Å². The van der Waals surface area contributed by atoms with Crippen LogP contribution in [-0.4, -0.2) is 5.11 Å². The molecule has 0 aliphatic heterocycles. The van der Waals surface area contributed by atoms with Gasteiger partial charge in [-0.3, -0.25) is 0 Å². The van der Waals surface area contributed by atoms with E-state index in [0.717, 1.165) is 6.42 Å². The zero-order chi connectivity index (χ0) is 12.8. The molecular formula is C16H30O. The summed E-state index contributed by atoms with van der Waals surface area (Å²) in [4.78, 5) is 0. The zero-order valence-electron chi connectivity index (χ0n) is 11.8. The predicted octanol–water partition coefficient (Wildman–Crippen LogP) is 5.27. The molecule has 0 amide bonds. The minimum atomic E-state index is 0.356. The van der Waals surface area contributed by atoms with Crippen LogP contribution < -0.4 is 0 Å². The van der Waals surface area contributed by atoms with E-state index in [0.29, 0.717) is 5.92 Å². The number of rotatable bonds is 11. The molecule has 0 fully saturated rings. The monoisotopic (exact) mass is 238 g/mol. The molecule has 0 aliphatic carbocycles. The molecule has 1 nitrogen and oxygen atoms in total. The maximum atomic E-state index is 8.44. The Morgan fingerprint density at radius 3 is 1.76 bits per heavy atom. The molecule has 17 heavy (non-hydrogen) atoms. The first-order valence-corrected chi connectivity index (χ1v) is 7.45. The van der Waals surface area contributed by atoms with Gasteiger partial charge in [-0.25, -0.2) is 0 Å². The second kappa shape index (κ2) is 13.4. The fourth-order valence-corrected chi connectivity index (χ4v) is 2.12. The third-order valence-electron chi connectivity index (χ3n) is 3.30. The summed E-state index contributed by atoms with van der Waals surface area (Å²) in [5.74, 6) is 3.14. The second-order valence-corrected chi connectivity index (χ2v) is 5.13. The Labute approximate surface area is 108 Å². The quantitative estimate of drug-likeness (QED) is 0.384. The number of aliphatic hydroxyl groups excluding tert-OH is 1. The van der Waals surface area contributed by atoms with Crippen LogP contribution in [0.3, 0.4) is 0 Å². The molecule has 0 aromatic rings. The van der Waals surface area contributed by atoms with Gasteiger partial charge in [0, 0.05) is 5.92 Å². The molecule has 0 rings (SSSR count). The van der Waals surface area contributed by atoms with Crippen LogP contribution in [0.1, 0.15) is 84.5 Å². The van der Waals surface area contributed by atoms with E-state index in [1.54, 1.807) is 0 Å². The first-order valence-electron chi connectivity index (χ1n) is 7.45. The number of unbranched alkanes of at least 4 members (excludes halogenated alkanes) is 9. The van der Waals surface area contributed by atoms with Crippen molar-refractivity contribution in [3.05, 3.63) is 0 Å². The fourth-order valence-electron chi connectivity index (χ4n) is 2.12. The highest BCUT2D eigenvalue weighted by Gasteiger charge is 1.97. The number of hydrogen-bond acceptors (Lipinski definition) is 1. The third kappa shape index (κ3) is 13.3. The van der Waals surface area contributed by atoms with Gasteiger partial charge in [0.1, 0.15) is 6.11 Å². The van der Waals surface area contributed by atoms with E-state index >= 15 is 0 Å². The van der Waals surface area contributed by atoms with Crippen molar-refractivity contribution in [2.24, 2.45) is 5.92 Å². The largest absolute Gasteiger partial charge is 0.462 e. The average molecular weight is 238 g/mol. The lowest BCUT2D eigenvalue weighted by Gasteiger charge is -2.04. The van der Waals surface area contributed by atoms with Crippen LogP contribution in [0.15, 0.2) is 0 Å². The molecule has 1 unspecified atom stereocenters. The molecule has 1 atom stereocenters. The van der Waals surface area contributed by atoms with E-state index in [1.165, 1.54) is 64.2 Å². The van der Waals surface area contributed by atoms with Crippen molar-refractivity contribution < 1.29 is 5.11 Å². The summed E-state index contributed by atoms with van der Waals surface area (Å²) in [6, 6.07) is 0. The van der Waals surface area contributed by atoms with Crippen molar-refractivity contribution >= 4 is 0 Å². The van der Waals surface area contributed by atoms with E-state index < -0.39 is 0 Å². The van der Waals surface area contributed by atoms with Crippen LogP contribution in [0.5, 0.6) is 0 Å². The van der Waals surface area contributed by atoms with E-state index in [1.807, 2.05) is 6.11 Å². The molecule has 0 bridgehead atoms. The lowest BCUT2D eigenvalue weighted by molar-refractivity contribution is 0.506. The van der Waals surface area contributed by atoms with Crippen molar-refractivity contribution in [3.63, 3.8) is 0 Å². The predicted molar refractivity (Wildman–Crippen MR) is 75.3 cm³/mol. The second-order valence-electron chi connectivity index (χ2n) is 5.13.